The molecule has 1 aliphatic heterocycles. The molecule has 1 amide bonds. The lowest BCUT2D eigenvalue weighted by molar-refractivity contribution is -0.121. The number of rotatable bonds is 6. The third-order valence-electron chi connectivity index (χ3n) is 4.95. The Kier molecular flexibility index (Phi) is 6.80. The van der Waals surface area contributed by atoms with Crippen molar-refractivity contribution in [2.24, 2.45) is 0 Å². The summed E-state index contributed by atoms with van der Waals surface area (Å²) in [4.78, 5) is 17.0. The van der Waals surface area contributed by atoms with Crippen LogP contribution in [0.1, 0.15) is 29.2 Å². The second-order valence-corrected chi connectivity index (χ2v) is 7.30. The lowest BCUT2D eigenvalue weighted by atomic mass is 10.1. The lowest BCUT2D eigenvalue weighted by Gasteiger charge is -2.34. The van der Waals surface area contributed by atoms with Crippen LogP contribution < -0.4 is 4.90 Å². The molecule has 0 spiro atoms. The predicted octanol–water partition coefficient (Wildman–Crippen LogP) is 3.62. The van der Waals surface area contributed by atoms with Crippen LogP contribution >= 0.6 is 0 Å². The fourth-order valence-corrected chi connectivity index (χ4v) is 3.66. The molecule has 5 nitrogen and oxygen atoms in total. The van der Waals surface area contributed by atoms with Gasteiger partial charge in [-0.2, -0.15) is 5.26 Å². The number of anilines is 1. The first-order chi connectivity index (χ1) is 13.6. The number of carbonyl (C=O) groups is 1. The molecule has 0 N–H and O–H groups in total. The molecule has 0 saturated carbocycles. The number of nitrogens with zero attached hydrogens (tertiary/aromatic N) is 3. The number of ether oxygens (including phenoxy) is 1. The van der Waals surface area contributed by atoms with Crippen LogP contribution in [0, 0.1) is 25.2 Å². The Balaban J connectivity index is 1.71. The summed E-state index contributed by atoms with van der Waals surface area (Å²) >= 11 is 0. The fourth-order valence-electron chi connectivity index (χ4n) is 3.66. The van der Waals surface area contributed by atoms with E-state index in [2.05, 4.69) is 29.2 Å². The number of morpholine rings is 1. The van der Waals surface area contributed by atoms with E-state index in [4.69, 9.17) is 10.00 Å². The average molecular weight is 377 g/mol. The number of amides is 1. The SMILES string of the molecule is Cc1cc(C)cc(N(CCC#N)C(=O)CN2CCOC(c3ccccc3)C2)c1. The maximum atomic E-state index is 13.1. The van der Waals surface area contributed by atoms with Gasteiger partial charge in [-0.05, 0) is 42.7 Å². The van der Waals surface area contributed by atoms with Crippen LogP contribution in [-0.4, -0.2) is 43.6 Å². The Morgan fingerprint density at radius 2 is 1.93 bits per heavy atom. The second kappa shape index (κ2) is 9.50. The minimum Gasteiger partial charge on any atom is -0.371 e. The fraction of sp³-hybridized carbons (Fsp3) is 0.391. The molecule has 146 valence electrons. The molecule has 1 saturated heterocycles. The molecule has 2 aromatic rings. The van der Waals surface area contributed by atoms with Crippen LogP contribution in [0.5, 0.6) is 0 Å². The molecule has 5 heteroatoms. The highest BCUT2D eigenvalue weighted by molar-refractivity contribution is 5.95. The minimum absolute atomic E-state index is 0.0171. The van der Waals surface area contributed by atoms with Crippen molar-refractivity contribution in [1.82, 2.24) is 4.90 Å². The van der Waals surface area contributed by atoms with Crippen molar-refractivity contribution in [1.29, 1.82) is 5.26 Å². The van der Waals surface area contributed by atoms with Gasteiger partial charge in [0.2, 0.25) is 5.91 Å². The van der Waals surface area contributed by atoms with Gasteiger partial charge in [0.15, 0.2) is 0 Å². The van der Waals surface area contributed by atoms with Gasteiger partial charge in [0.25, 0.3) is 0 Å². The summed E-state index contributed by atoms with van der Waals surface area (Å²) in [5.41, 5.74) is 4.22. The van der Waals surface area contributed by atoms with Crippen LogP contribution in [0.25, 0.3) is 0 Å². The molecule has 3 rings (SSSR count). The van der Waals surface area contributed by atoms with Crippen molar-refractivity contribution < 1.29 is 9.53 Å². The number of nitriles is 1. The molecule has 0 bridgehead atoms. The zero-order valence-electron chi connectivity index (χ0n) is 16.6. The van der Waals surface area contributed by atoms with Crippen molar-refractivity contribution in [3.05, 3.63) is 65.2 Å². The van der Waals surface area contributed by atoms with Crippen molar-refractivity contribution in [2.45, 2.75) is 26.4 Å². The zero-order chi connectivity index (χ0) is 19.9. The molecular weight excluding hydrogens is 350 g/mol. The number of hydrogen-bond donors (Lipinski definition) is 0. The Hall–Kier alpha value is -2.68. The van der Waals surface area contributed by atoms with Gasteiger partial charge in [0, 0.05) is 25.3 Å². The van der Waals surface area contributed by atoms with E-state index in [0.717, 1.165) is 28.9 Å². The Morgan fingerprint density at radius 3 is 2.61 bits per heavy atom. The van der Waals surface area contributed by atoms with Gasteiger partial charge in [-0.25, -0.2) is 0 Å². The molecule has 0 aromatic heterocycles. The van der Waals surface area contributed by atoms with Crippen molar-refractivity contribution in [3.63, 3.8) is 0 Å². The normalized spacial score (nSPS) is 17.1. The molecule has 1 unspecified atom stereocenters. The van der Waals surface area contributed by atoms with Crippen LogP contribution in [0.15, 0.2) is 48.5 Å². The van der Waals surface area contributed by atoms with Gasteiger partial charge in [0.1, 0.15) is 0 Å². The van der Waals surface area contributed by atoms with Crippen molar-refractivity contribution in [3.8, 4) is 6.07 Å². The summed E-state index contributed by atoms with van der Waals surface area (Å²) < 4.78 is 5.91. The van der Waals surface area contributed by atoms with Crippen LogP contribution in [0.3, 0.4) is 0 Å². The summed E-state index contributed by atoms with van der Waals surface area (Å²) in [5, 5.41) is 9.02. The van der Waals surface area contributed by atoms with E-state index in [0.29, 0.717) is 32.7 Å². The van der Waals surface area contributed by atoms with Crippen molar-refractivity contribution >= 4 is 11.6 Å². The van der Waals surface area contributed by atoms with Gasteiger partial charge in [-0.3, -0.25) is 9.69 Å². The summed E-state index contributed by atoms with van der Waals surface area (Å²) in [5.74, 6) is 0.0222. The largest absolute Gasteiger partial charge is 0.371 e. The number of carbonyl (C=O) groups excluding carboxylic acids is 1. The standard InChI is InChI=1S/C23H27N3O2/c1-18-13-19(2)15-21(14-18)26(10-6-9-24)23(27)17-25-11-12-28-22(16-25)20-7-4-3-5-8-20/h3-5,7-8,13-15,22H,6,10-12,16-17H2,1-2H3. The van der Waals surface area contributed by atoms with Crippen LogP contribution in [0.2, 0.25) is 0 Å². The van der Waals surface area contributed by atoms with E-state index in [1.165, 1.54) is 0 Å². The van der Waals surface area contributed by atoms with Crippen LogP contribution in [0.4, 0.5) is 5.69 Å². The molecule has 0 radical (unpaired) electrons. The first-order valence-corrected chi connectivity index (χ1v) is 9.71. The zero-order valence-corrected chi connectivity index (χ0v) is 16.6. The Morgan fingerprint density at radius 1 is 1.21 bits per heavy atom. The van der Waals surface area contributed by atoms with E-state index in [1.54, 1.807) is 4.90 Å². The number of benzene rings is 2. The van der Waals surface area contributed by atoms with E-state index in [-0.39, 0.29) is 12.0 Å². The average Bonchev–Trinajstić information content (AvgIpc) is 2.68. The van der Waals surface area contributed by atoms with E-state index >= 15 is 0 Å². The highest BCUT2D eigenvalue weighted by atomic mass is 16.5. The number of aryl methyl sites for hydroxylation is 2. The summed E-state index contributed by atoms with van der Waals surface area (Å²) in [7, 11) is 0. The highest BCUT2D eigenvalue weighted by Gasteiger charge is 2.25. The summed E-state index contributed by atoms with van der Waals surface area (Å²) in [6.45, 7) is 6.80. The van der Waals surface area contributed by atoms with Gasteiger partial charge < -0.3 is 9.64 Å². The van der Waals surface area contributed by atoms with Gasteiger partial charge in [-0.15, -0.1) is 0 Å². The molecule has 2 aromatic carbocycles. The second-order valence-electron chi connectivity index (χ2n) is 7.30. The quantitative estimate of drug-likeness (QED) is 0.771. The van der Waals surface area contributed by atoms with Crippen molar-refractivity contribution in [2.75, 3.05) is 37.7 Å². The van der Waals surface area contributed by atoms with E-state index in [9.17, 15) is 4.79 Å². The molecular formula is C23H27N3O2. The predicted molar refractivity (Wildman–Crippen MR) is 110 cm³/mol. The van der Waals surface area contributed by atoms with Gasteiger partial charge in [0.05, 0.1) is 31.7 Å². The molecule has 28 heavy (non-hydrogen) atoms. The number of hydrogen-bond acceptors (Lipinski definition) is 4. The topological polar surface area (TPSA) is 56.6 Å². The third-order valence-corrected chi connectivity index (χ3v) is 4.95. The van der Waals surface area contributed by atoms with E-state index in [1.807, 2.05) is 44.2 Å². The first kappa shape index (κ1) is 20.1. The third kappa shape index (κ3) is 5.19. The summed E-state index contributed by atoms with van der Waals surface area (Å²) in [6, 6.07) is 18.4. The van der Waals surface area contributed by atoms with Gasteiger partial charge in [-0.1, -0.05) is 36.4 Å². The Labute approximate surface area is 167 Å². The maximum Gasteiger partial charge on any atom is 0.241 e. The smallest absolute Gasteiger partial charge is 0.241 e. The molecule has 1 heterocycles. The minimum atomic E-state index is -0.0171. The Bertz CT molecular complexity index is 824. The molecule has 1 aliphatic rings. The van der Waals surface area contributed by atoms with Crippen LogP contribution in [-0.2, 0) is 9.53 Å². The molecule has 1 fully saturated rings. The maximum absolute atomic E-state index is 13.1. The summed E-state index contributed by atoms with van der Waals surface area (Å²) in [6.07, 6.45) is 0.297. The van der Waals surface area contributed by atoms with Gasteiger partial charge >= 0.3 is 0 Å². The lowest BCUT2D eigenvalue weighted by Crippen LogP contribution is -2.46. The first-order valence-electron chi connectivity index (χ1n) is 9.71. The molecule has 1 atom stereocenters. The monoisotopic (exact) mass is 377 g/mol. The molecule has 0 aliphatic carbocycles. The van der Waals surface area contributed by atoms with E-state index < -0.39 is 0 Å². The highest BCUT2D eigenvalue weighted by Crippen LogP contribution is 2.23.